The Morgan fingerprint density at radius 2 is 2.22 bits per heavy atom. The highest BCUT2D eigenvalue weighted by Crippen LogP contribution is 2.30. The summed E-state index contributed by atoms with van der Waals surface area (Å²) in [5.74, 6) is 2.04. The molecule has 100 valence electrons. The molecule has 1 aliphatic heterocycles. The van der Waals surface area contributed by atoms with E-state index in [2.05, 4.69) is 17.4 Å². The van der Waals surface area contributed by atoms with E-state index in [0.717, 1.165) is 24.7 Å². The van der Waals surface area contributed by atoms with Gasteiger partial charge in [-0.25, -0.2) is 0 Å². The molecule has 1 aliphatic rings. The first kappa shape index (κ1) is 13.7. The van der Waals surface area contributed by atoms with Gasteiger partial charge in [0.05, 0.1) is 25.1 Å². The number of ether oxygens (including phenoxy) is 2. The van der Waals surface area contributed by atoms with E-state index in [-0.39, 0.29) is 0 Å². The normalized spacial score (nSPS) is 17.2. The summed E-state index contributed by atoms with van der Waals surface area (Å²) in [4.78, 5) is 0. The molecule has 2 rings (SSSR count). The number of hydrogen-bond donors (Lipinski definition) is 1. The Labute approximate surface area is 113 Å². The largest absolute Gasteiger partial charge is 0.494 e. The van der Waals surface area contributed by atoms with Gasteiger partial charge in [0.2, 0.25) is 0 Å². The maximum Gasteiger partial charge on any atom is 0.124 e. The Morgan fingerprint density at radius 3 is 2.83 bits per heavy atom. The number of para-hydroxylation sites is 1. The molecule has 1 fully saturated rings. The minimum atomic E-state index is 0.332. The molecule has 1 aromatic carbocycles. The van der Waals surface area contributed by atoms with Gasteiger partial charge >= 0.3 is 0 Å². The molecule has 18 heavy (non-hydrogen) atoms. The SMILES string of the molecule is CCOc1ccccc1C(CSC1COC1)NC. The molecule has 1 atom stereocenters. The summed E-state index contributed by atoms with van der Waals surface area (Å²) in [5, 5.41) is 4.05. The Bertz CT molecular complexity index is 369. The van der Waals surface area contributed by atoms with Crippen molar-refractivity contribution in [1.29, 1.82) is 0 Å². The summed E-state index contributed by atoms with van der Waals surface area (Å²) in [6, 6.07) is 8.61. The van der Waals surface area contributed by atoms with Gasteiger partial charge in [-0.2, -0.15) is 11.8 Å². The van der Waals surface area contributed by atoms with E-state index in [0.29, 0.717) is 17.9 Å². The van der Waals surface area contributed by atoms with Gasteiger partial charge in [0.25, 0.3) is 0 Å². The van der Waals surface area contributed by atoms with Crippen LogP contribution in [0.25, 0.3) is 0 Å². The van der Waals surface area contributed by atoms with Crippen molar-refractivity contribution in [1.82, 2.24) is 5.32 Å². The lowest BCUT2D eigenvalue weighted by molar-refractivity contribution is 0.0455. The Balaban J connectivity index is 2.00. The second-order valence-corrected chi connectivity index (χ2v) is 5.64. The van der Waals surface area contributed by atoms with Crippen LogP contribution in [-0.2, 0) is 4.74 Å². The van der Waals surface area contributed by atoms with Crippen molar-refractivity contribution in [3.05, 3.63) is 29.8 Å². The fourth-order valence-corrected chi connectivity index (χ4v) is 3.12. The van der Waals surface area contributed by atoms with Crippen LogP contribution in [0.15, 0.2) is 24.3 Å². The van der Waals surface area contributed by atoms with Crippen LogP contribution in [0.1, 0.15) is 18.5 Å². The molecule has 3 nitrogen and oxygen atoms in total. The Kier molecular flexibility index (Phi) is 5.35. The zero-order valence-corrected chi connectivity index (χ0v) is 11.8. The number of rotatable bonds is 7. The average Bonchev–Trinajstić information content (AvgIpc) is 2.34. The topological polar surface area (TPSA) is 30.5 Å². The third-order valence-electron chi connectivity index (χ3n) is 3.05. The van der Waals surface area contributed by atoms with E-state index in [1.807, 2.05) is 37.9 Å². The molecule has 0 aromatic heterocycles. The molecule has 0 radical (unpaired) electrons. The molecule has 1 saturated heterocycles. The highest BCUT2D eigenvalue weighted by Gasteiger charge is 2.22. The summed E-state index contributed by atoms with van der Waals surface area (Å²) >= 11 is 1.97. The van der Waals surface area contributed by atoms with Crippen molar-refractivity contribution < 1.29 is 9.47 Å². The minimum Gasteiger partial charge on any atom is -0.494 e. The summed E-state index contributed by atoms with van der Waals surface area (Å²) in [6.07, 6.45) is 0. The lowest BCUT2D eigenvalue weighted by Gasteiger charge is -2.27. The van der Waals surface area contributed by atoms with Gasteiger partial charge < -0.3 is 14.8 Å². The molecular formula is C14H21NO2S. The molecular weight excluding hydrogens is 246 g/mol. The van der Waals surface area contributed by atoms with E-state index in [1.165, 1.54) is 5.56 Å². The van der Waals surface area contributed by atoms with Gasteiger partial charge in [-0.1, -0.05) is 18.2 Å². The van der Waals surface area contributed by atoms with E-state index in [9.17, 15) is 0 Å². The number of hydrogen-bond acceptors (Lipinski definition) is 4. The predicted octanol–water partition coefficient (Wildman–Crippen LogP) is 2.48. The molecule has 0 saturated carbocycles. The maximum absolute atomic E-state index is 5.69. The van der Waals surface area contributed by atoms with Gasteiger partial charge in [-0.15, -0.1) is 0 Å². The maximum atomic E-state index is 5.69. The zero-order chi connectivity index (χ0) is 12.8. The van der Waals surface area contributed by atoms with E-state index >= 15 is 0 Å². The second-order valence-electron chi connectivity index (χ2n) is 4.30. The molecule has 1 heterocycles. The summed E-state index contributed by atoms with van der Waals surface area (Å²) in [5.41, 5.74) is 1.24. The standard InChI is InChI=1S/C14H21NO2S/c1-3-17-14-7-5-4-6-12(14)13(15-2)10-18-11-8-16-9-11/h4-7,11,13,15H,3,8-10H2,1-2H3. The lowest BCUT2D eigenvalue weighted by Crippen LogP contribution is -2.32. The van der Waals surface area contributed by atoms with E-state index in [1.54, 1.807) is 0 Å². The zero-order valence-electron chi connectivity index (χ0n) is 11.0. The second kappa shape index (κ2) is 7.02. The van der Waals surface area contributed by atoms with Crippen LogP contribution >= 0.6 is 11.8 Å². The number of nitrogens with one attached hydrogen (secondary N) is 1. The van der Waals surface area contributed by atoms with Gasteiger partial charge in [0.15, 0.2) is 0 Å². The van der Waals surface area contributed by atoms with Crippen LogP contribution in [0.2, 0.25) is 0 Å². The van der Waals surface area contributed by atoms with Gasteiger partial charge in [0.1, 0.15) is 5.75 Å². The van der Waals surface area contributed by atoms with Gasteiger partial charge in [0, 0.05) is 17.4 Å². The molecule has 1 N–H and O–H groups in total. The minimum absolute atomic E-state index is 0.332. The summed E-state index contributed by atoms with van der Waals surface area (Å²) in [7, 11) is 2.01. The van der Waals surface area contributed by atoms with Crippen LogP contribution in [0.4, 0.5) is 0 Å². The molecule has 0 bridgehead atoms. The van der Waals surface area contributed by atoms with Crippen LogP contribution in [0, 0.1) is 0 Å². The van der Waals surface area contributed by atoms with Crippen molar-refractivity contribution in [3.8, 4) is 5.75 Å². The molecule has 0 aliphatic carbocycles. The fourth-order valence-electron chi connectivity index (χ4n) is 1.93. The molecule has 1 unspecified atom stereocenters. The quantitative estimate of drug-likeness (QED) is 0.822. The Hall–Kier alpha value is -0.710. The molecule has 0 spiro atoms. The van der Waals surface area contributed by atoms with Crippen LogP contribution < -0.4 is 10.1 Å². The fraction of sp³-hybridized carbons (Fsp3) is 0.571. The highest BCUT2D eigenvalue weighted by atomic mass is 32.2. The summed E-state index contributed by atoms with van der Waals surface area (Å²) in [6.45, 7) is 4.52. The van der Waals surface area contributed by atoms with Gasteiger partial charge in [-0.3, -0.25) is 0 Å². The molecule has 1 aromatic rings. The predicted molar refractivity (Wildman–Crippen MR) is 76.5 cm³/mol. The van der Waals surface area contributed by atoms with Gasteiger partial charge in [-0.05, 0) is 20.0 Å². The first-order chi connectivity index (χ1) is 8.85. The van der Waals surface area contributed by atoms with Crippen molar-refractivity contribution in [2.75, 3.05) is 32.6 Å². The lowest BCUT2D eigenvalue weighted by atomic mass is 10.1. The number of benzene rings is 1. The first-order valence-electron chi connectivity index (χ1n) is 6.43. The third kappa shape index (κ3) is 3.40. The van der Waals surface area contributed by atoms with Crippen molar-refractivity contribution in [2.45, 2.75) is 18.2 Å². The van der Waals surface area contributed by atoms with E-state index < -0.39 is 0 Å². The van der Waals surface area contributed by atoms with Crippen molar-refractivity contribution >= 4 is 11.8 Å². The Morgan fingerprint density at radius 1 is 1.44 bits per heavy atom. The summed E-state index contributed by atoms with van der Waals surface area (Å²) < 4.78 is 10.9. The monoisotopic (exact) mass is 267 g/mol. The van der Waals surface area contributed by atoms with Crippen LogP contribution in [0.3, 0.4) is 0 Å². The third-order valence-corrected chi connectivity index (χ3v) is 4.32. The first-order valence-corrected chi connectivity index (χ1v) is 7.48. The molecule has 0 amide bonds. The van der Waals surface area contributed by atoms with Crippen LogP contribution in [0.5, 0.6) is 5.75 Å². The van der Waals surface area contributed by atoms with Crippen LogP contribution in [-0.4, -0.2) is 37.9 Å². The highest BCUT2D eigenvalue weighted by molar-refractivity contribution is 8.00. The molecule has 4 heteroatoms. The van der Waals surface area contributed by atoms with Crippen molar-refractivity contribution in [2.24, 2.45) is 0 Å². The average molecular weight is 267 g/mol. The van der Waals surface area contributed by atoms with E-state index in [4.69, 9.17) is 9.47 Å². The number of thioether (sulfide) groups is 1. The smallest absolute Gasteiger partial charge is 0.124 e. The van der Waals surface area contributed by atoms with Crippen molar-refractivity contribution in [3.63, 3.8) is 0 Å².